The molecule has 0 saturated carbocycles. The Morgan fingerprint density at radius 2 is 2.00 bits per heavy atom. The first-order valence-electron chi connectivity index (χ1n) is 6.36. The van der Waals surface area contributed by atoms with Crippen LogP contribution in [0.5, 0.6) is 5.75 Å². The first kappa shape index (κ1) is 15.9. The van der Waals surface area contributed by atoms with Gasteiger partial charge in [0.2, 0.25) is 10.0 Å². The van der Waals surface area contributed by atoms with E-state index in [4.69, 9.17) is 4.74 Å². The lowest BCUT2D eigenvalue weighted by atomic mass is 10.2. The van der Waals surface area contributed by atoms with Gasteiger partial charge >= 0.3 is 0 Å². The van der Waals surface area contributed by atoms with E-state index in [1.807, 2.05) is 19.9 Å². The number of rotatable bonds is 8. The number of hydrogen-bond donors (Lipinski definition) is 2. The van der Waals surface area contributed by atoms with Gasteiger partial charge in [-0.15, -0.1) is 0 Å². The lowest BCUT2D eigenvalue weighted by molar-refractivity contribution is 0.402. The number of sulfonamides is 1. The highest BCUT2D eigenvalue weighted by molar-refractivity contribution is 7.89. The van der Waals surface area contributed by atoms with Crippen LogP contribution in [0.15, 0.2) is 23.1 Å². The standard InChI is InChI=1S/C13H22N2O3S/c1-4-14-8-5-9-15-19(16,17)13-10-11(2)6-7-12(13)18-3/h6-7,10,14-15H,4-5,8-9H2,1-3H3. The SMILES string of the molecule is CCNCCCNS(=O)(=O)c1cc(C)ccc1OC. The maximum absolute atomic E-state index is 12.2. The van der Waals surface area contributed by atoms with Crippen LogP contribution in [-0.2, 0) is 10.0 Å². The van der Waals surface area contributed by atoms with Crippen LogP contribution in [0.4, 0.5) is 0 Å². The summed E-state index contributed by atoms with van der Waals surface area (Å²) < 4.78 is 32.1. The average Bonchev–Trinajstić information content (AvgIpc) is 2.38. The topological polar surface area (TPSA) is 67.4 Å². The van der Waals surface area contributed by atoms with E-state index in [1.165, 1.54) is 7.11 Å². The minimum absolute atomic E-state index is 0.193. The highest BCUT2D eigenvalue weighted by atomic mass is 32.2. The molecular formula is C13H22N2O3S. The quantitative estimate of drug-likeness (QED) is 0.707. The van der Waals surface area contributed by atoms with Crippen LogP contribution in [0, 0.1) is 6.92 Å². The van der Waals surface area contributed by atoms with E-state index in [0.29, 0.717) is 12.3 Å². The number of ether oxygens (including phenoxy) is 1. The summed E-state index contributed by atoms with van der Waals surface area (Å²) in [4.78, 5) is 0.193. The summed E-state index contributed by atoms with van der Waals surface area (Å²) in [5.74, 6) is 0.366. The van der Waals surface area contributed by atoms with Crippen LogP contribution >= 0.6 is 0 Å². The minimum Gasteiger partial charge on any atom is -0.495 e. The van der Waals surface area contributed by atoms with Gasteiger partial charge in [-0.25, -0.2) is 13.1 Å². The van der Waals surface area contributed by atoms with Crippen molar-refractivity contribution >= 4 is 10.0 Å². The maximum Gasteiger partial charge on any atom is 0.244 e. The lowest BCUT2D eigenvalue weighted by Crippen LogP contribution is -2.27. The second-order valence-electron chi connectivity index (χ2n) is 4.26. The van der Waals surface area contributed by atoms with Gasteiger partial charge in [0, 0.05) is 6.54 Å². The largest absolute Gasteiger partial charge is 0.495 e. The molecule has 0 spiro atoms. The van der Waals surface area contributed by atoms with E-state index < -0.39 is 10.0 Å². The van der Waals surface area contributed by atoms with Crippen LogP contribution in [0.3, 0.4) is 0 Å². The van der Waals surface area contributed by atoms with Crippen molar-refractivity contribution in [1.82, 2.24) is 10.0 Å². The molecule has 6 heteroatoms. The Kier molecular flexibility index (Phi) is 6.27. The van der Waals surface area contributed by atoms with E-state index in [1.54, 1.807) is 12.1 Å². The van der Waals surface area contributed by atoms with E-state index >= 15 is 0 Å². The fourth-order valence-electron chi connectivity index (χ4n) is 1.67. The van der Waals surface area contributed by atoms with Gasteiger partial charge in [0.05, 0.1) is 7.11 Å². The molecule has 0 unspecified atom stereocenters. The van der Waals surface area contributed by atoms with Gasteiger partial charge in [-0.3, -0.25) is 0 Å². The molecule has 0 saturated heterocycles. The fraction of sp³-hybridized carbons (Fsp3) is 0.538. The minimum atomic E-state index is -3.52. The van der Waals surface area contributed by atoms with Crippen molar-refractivity contribution < 1.29 is 13.2 Å². The summed E-state index contributed by atoms with van der Waals surface area (Å²) in [7, 11) is -2.05. The molecule has 0 aromatic heterocycles. The van der Waals surface area contributed by atoms with Gasteiger partial charge in [-0.05, 0) is 44.1 Å². The third-order valence-electron chi connectivity index (χ3n) is 2.68. The second kappa shape index (κ2) is 7.47. The zero-order valence-electron chi connectivity index (χ0n) is 11.7. The molecule has 1 aromatic carbocycles. The Hall–Kier alpha value is -1.11. The first-order chi connectivity index (χ1) is 9.01. The van der Waals surface area contributed by atoms with Crippen molar-refractivity contribution in [2.75, 3.05) is 26.7 Å². The molecule has 5 nitrogen and oxygen atoms in total. The van der Waals surface area contributed by atoms with Gasteiger partial charge in [-0.2, -0.15) is 0 Å². The number of benzene rings is 1. The van der Waals surface area contributed by atoms with Crippen molar-refractivity contribution in [2.24, 2.45) is 0 Å². The predicted octanol–water partition coefficient (Wildman–Crippen LogP) is 1.28. The van der Waals surface area contributed by atoms with Gasteiger partial charge in [0.25, 0.3) is 0 Å². The smallest absolute Gasteiger partial charge is 0.244 e. The van der Waals surface area contributed by atoms with Crippen LogP contribution in [0.1, 0.15) is 18.9 Å². The van der Waals surface area contributed by atoms with E-state index in [0.717, 1.165) is 25.1 Å². The third-order valence-corrected chi connectivity index (χ3v) is 4.16. The molecular weight excluding hydrogens is 264 g/mol. The van der Waals surface area contributed by atoms with Crippen molar-refractivity contribution in [2.45, 2.75) is 25.2 Å². The summed E-state index contributed by atoms with van der Waals surface area (Å²) in [6.45, 7) is 5.96. The Bertz CT molecular complexity index is 501. The van der Waals surface area contributed by atoms with Crippen molar-refractivity contribution in [3.8, 4) is 5.75 Å². The Morgan fingerprint density at radius 3 is 2.63 bits per heavy atom. The van der Waals surface area contributed by atoms with E-state index in [9.17, 15) is 8.42 Å². The zero-order valence-corrected chi connectivity index (χ0v) is 12.5. The molecule has 0 fully saturated rings. The third kappa shape index (κ3) is 4.81. The van der Waals surface area contributed by atoms with Gasteiger partial charge in [-0.1, -0.05) is 13.0 Å². The van der Waals surface area contributed by atoms with Gasteiger partial charge in [0.1, 0.15) is 10.6 Å². The summed E-state index contributed by atoms with van der Waals surface area (Å²) >= 11 is 0. The van der Waals surface area contributed by atoms with Gasteiger partial charge in [0.15, 0.2) is 0 Å². The number of hydrogen-bond acceptors (Lipinski definition) is 4. The second-order valence-corrected chi connectivity index (χ2v) is 5.99. The van der Waals surface area contributed by atoms with Crippen molar-refractivity contribution in [1.29, 1.82) is 0 Å². The molecule has 1 rings (SSSR count). The number of aryl methyl sites for hydroxylation is 1. The molecule has 0 atom stereocenters. The molecule has 1 aromatic rings. The molecule has 0 aliphatic rings. The van der Waals surface area contributed by atoms with Crippen LogP contribution in [0.2, 0.25) is 0 Å². The number of nitrogens with one attached hydrogen (secondary N) is 2. The highest BCUT2D eigenvalue weighted by Crippen LogP contribution is 2.24. The Morgan fingerprint density at radius 1 is 1.26 bits per heavy atom. The first-order valence-corrected chi connectivity index (χ1v) is 7.84. The van der Waals surface area contributed by atoms with Crippen LogP contribution in [0.25, 0.3) is 0 Å². The molecule has 108 valence electrons. The molecule has 0 aliphatic carbocycles. The Balaban J connectivity index is 2.74. The fourth-order valence-corrected chi connectivity index (χ4v) is 2.99. The zero-order chi connectivity index (χ0) is 14.3. The van der Waals surface area contributed by atoms with Crippen LogP contribution < -0.4 is 14.8 Å². The summed E-state index contributed by atoms with van der Waals surface area (Å²) in [6.07, 6.45) is 0.751. The maximum atomic E-state index is 12.2. The summed E-state index contributed by atoms with van der Waals surface area (Å²) in [5, 5.41) is 3.15. The van der Waals surface area contributed by atoms with Crippen molar-refractivity contribution in [3.05, 3.63) is 23.8 Å². The normalized spacial score (nSPS) is 11.5. The monoisotopic (exact) mass is 286 g/mol. The highest BCUT2D eigenvalue weighted by Gasteiger charge is 2.18. The molecule has 0 aliphatic heterocycles. The van der Waals surface area contributed by atoms with E-state index in [-0.39, 0.29) is 4.90 Å². The number of methoxy groups -OCH3 is 1. The molecule has 19 heavy (non-hydrogen) atoms. The molecule has 0 heterocycles. The molecule has 0 bridgehead atoms. The predicted molar refractivity (Wildman–Crippen MR) is 76.1 cm³/mol. The molecule has 2 N–H and O–H groups in total. The molecule has 0 radical (unpaired) electrons. The lowest BCUT2D eigenvalue weighted by Gasteiger charge is -2.11. The van der Waals surface area contributed by atoms with E-state index in [2.05, 4.69) is 10.0 Å². The summed E-state index contributed by atoms with van der Waals surface area (Å²) in [6, 6.07) is 5.11. The van der Waals surface area contributed by atoms with Gasteiger partial charge < -0.3 is 10.1 Å². The van der Waals surface area contributed by atoms with Crippen molar-refractivity contribution in [3.63, 3.8) is 0 Å². The molecule has 0 amide bonds. The average molecular weight is 286 g/mol. The Labute approximate surface area is 115 Å². The van der Waals surface area contributed by atoms with Crippen LogP contribution in [-0.4, -0.2) is 35.2 Å². The summed E-state index contributed by atoms with van der Waals surface area (Å²) in [5.41, 5.74) is 0.883.